The Morgan fingerprint density at radius 1 is 1.33 bits per heavy atom. The van der Waals surface area contributed by atoms with E-state index in [9.17, 15) is 9.59 Å². The van der Waals surface area contributed by atoms with E-state index in [0.29, 0.717) is 12.3 Å². The van der Waals surface area contributed by atoms with Gasteiger partial charge in [0.2, 0.25) is 12.3 Å². The predicted molar refractivity (Wildman–Crippen MR) is 58.3 cm³/mol. The lowest BCUT2D eigenvalue weighted by Gasteiger charge is -2.30. The highest BCUT2D eigenvalue weighted by Gasteiger charge is 2.29. The van der Waals surface area contributed by atoms with Gasteiger partial charge in [-0.2, -0.15) is 0 Å². The summed E-state index contributed by atoms with van der Waals surface area (Å²) in [4.78, 5) is 23.9. The minimum Gasteiger partial charge on any atom is -0.347 e. The van der Waals surface area contributed by atoms with Gasteiger partial charge in [0.15, 0.2) is 0 Å². The first kappa shape index (κ1) is 12.0. The van der Waals surface area contributed by atoms with Crippen molar-refractivity contribution in [2.75, 3.05) is 14.1 Å². The van der Waals surface area contributed by atoms with Crippen molar-refractivity contribution in [1.29, 1.82) is 0 Å². The Morgan fingerprint density at radius 2 is 1.93 bits per heavy atom. The van der Waals surface area contributed by atoms with E-state index in [1.165, 1.54) is 19.3 Å². The van der Waals surface area contributed by atoms with Crippen molar-refractivity contribution in [3.63, 3.8) is 0 Å². The van der Waals surface area contributed by atoms with Crippen LogP contribution in [0.1, 0.15) is 32.1 Å². The molecule has 1 aliphatic carbocycles. The molecule has 0 radical (unpaired) electrons. The molecule has 1 saturated carbocycles. The second-order valence-electron chi connectivity index (χ2n) is 4.39. The Balaban J connectivity index is 2.62. The van der Waals surface area contributed by atoms with E-state index in [1.807, 2.05) is 0 Å². The van der Waals surface area contributed by atoms with Gasteiger partial charge in [-0.1, -0.05) is 19.3 Å². The number of likely N-dealkylation sites (N-methyl/N-ethyl adjacent to an activating group) is 1. The lowest BCUT2D eigenvalue weighted by atomic mass is 9.83. The fraction of sp³-hybridized carbons (Fsp3) is 0.818. The summed E-state index contributed by atoms with van der Waals surface area (Å²) in [5.74, 6) is 0.327. The van der Waals surface area contributed by atoms with Crippen LogP contribution >= 0.6 is 0 Å². The van der Waals surface area contributed by atoms with Crippen LogP contribution in [0.25, 0.3) is 0 Å². The number of carbonyl (C=O) groups is 2. The molecule has 4 nitrogen and oxygen atoms in total. The molecule has 2 amide bonds. The average Bonchev–Trinajstić information content (AvgIpc) is 2.26. The van der Waals surface area contributed by atoms with E-state index in [0.717, 1.165) is 12.8 Å². The summed E-state index contributed by atoms with van der Waals surface area (Å²) in [5, 5.41) is 2.66. The number of hydrogen-bond donors (Lipinski definition) is 1. The summed E-state index contributed by atoms with van der Waals surface area (Å²) >= 11 is 0. The highest BCUT2D eigenvalue weighted by atomic mass is 16.2. The predicted octanol–water partition coefficient (Wildman–Crippen LogP) is 0.769. The van der Waals surface area contributed by atoms with Crippen LogP contribution in [0.4, 0.5) is 0 Å². The molecule has 86 valence electrons. The zero-order valence-corrected chi connectivity index (χ0v) is 9.53. The van der Waals surface area contributed by atoms with E-state index in [-0.39, 0.29) is 11.9 Å². The van der Waals surface area contributed by atoms with Crippen LogP contribution < -0.4 is 5.32 Å². The van der Waals surface area contributed by atoms with Crippen molar-refractivity contribution >= 4 is 12.3 Å². The van der Waals surface area contributed by atoms with Gasteiger partial charge >= 0.3 is 0 Å². The highest BCUT2D eigenvalue weighted by Crippen LogP contribution is 2.26. The molecule has 0 bridgehead atoms. The van der Waals surface area contributed by atoms with E-state index < -0.39 is 0 Å². The second-order valence-corrected chi connectivity index (χ2v) is 4.39. The van der Waals surface area contributed by atoms with E-state index >= 15 is 0 Å². The van der Waals surface area contributed by atoms with Gasteiger partial charge in [-0.15, -0.1) is 0 Å². The van der Waals surface area contributed by atoms with Crippen LogP contribution in [0, 0.1) is 5.92 Å². The average molecular weight is 212 g/mol. The maximum atomic E-state index is 11.8. The van der Waals surface area contributed by atoms with Crippen LogP contribution in [-0.2, 0) is 9.59 Å². The smallest absolute Gasteiger partial charge is 0.244 e. The van der Waals surface area contributed by atoms with Crippen molar-refractivity contribution in [2.24, 2.45) is 5.92 Å². The standard InChI is InChI=1S/C11H20N2O2/c1-13(2)11(15)10(12-8-14)9-6-4-3-5-7-9/h8-10H,3-7H2,1-2H3,(H,12,14). The molecule has 1 N–H and O–H groups in total. The second kappa shape index (κ2) is 5.73. The van der Waals surface area contributed by atoms with Crippen molar-refractivity contribution in [3.8, 4) is 0 Å². The Hall–Kier alpha value is -1.06. The number of rotatable bonds is 4. The molecule has 15 heavy (non-hydrogen) atoms. The summed E-state index contributed by atoms with van der Waals surface area (Å²) in [7, 11) is 3.45. The molecule has 4 heteroatoms. The van der Waals surface area contributed by atoms with Crippen LogP contribution in [0.2, 0.25) is 0 Å². The normalized spacial score (nSPS) is 19.3. The van der Waals surface area contributed by atoms with Crippen LogP contribution in [0.3, 0.4) is 0 Å². The van der Waals surface area contributed by atoms with Gasteiger partial charge in [-0.25, -0.2) is 0 Å². The lowest BCUT2D eigenvalue weighted by Crippen LogP contribution is -2.48. The largest absolute Gasteiger partial charge is 0.347 e. The molecule has 1 unspecified atom stereocenters. The Morgan fingerprint density at radius 3 is 2.40 bits per heavy atom. The van der Waals surface area contributed by atoms with Crippen molar-refractivity contribution in [2.45, 2.75) is 38.1 Å². The first-order valence-electron chi connectivity index (χ1n) is 5.57. The molecule has 0 saturated heterocycles. The highest BCUT2D eigenvalue weighted by molar-refractivity contribution is 5.83. The van der Waals surface area contributed by atoms with Gasteiger partial charge in [0.25, 0.3) is 0 Å². The summed E-state index contributed by atoms with van der Waals surface area (Å²) < 4.78 is 0. The molecule has 1 rings (SSSR count). The number of amides is 2. The first-order valence-corrected chi connectivity index (χ1v) is 5.57. The van der Waals surface area contributed by atoms with Gasteiger partial charge in [-0.3, -0.25) is 9.59 Å². The van der Waals surface area contributed by atoms with Gasteiger partial charge in [0, 0.05) is 14.1 Å². The lowest BCUT2D eigenvalue weighted by molar-refractivity contribution is -0.134. The third-order valence-electron chi connectivity index (χ3n) is 3.08. The molecule has 0 heterocycles. The summed E-state index contributed by atoms with van der Waals surface area (Å²) in [6.07, 6.45) is 6.32. The topological polar surface area (TPSA) is 49.4 Å². The van der Waals surface area contributed by atoms with Crippen molar-refractivity contribution in [3.05, 3.63) is 0 Å². The molecular formula is C11H20N2O2. The van der Waals surface area contributed by atoms with E-state index in [4.69, 9.17) is 0 Å². The third kappa shape index (κ3) is 3.22. The minimum atomic E-state index is -0.321. The van der Waals surface area contributed by atoms with Gasteiger partial charge in [-0.05, 0) is 18.8 Å². The molecule has 0 aromatic heterocycles. The van der Waals surface area contributed by atoms with Gasteiger partial charge < -0.3 is 10.2 Å². The SMILES string of the molecule is CN(C)C(=O)C(NC=O)C1CCCCC1. The molecule has 1 atom stereocenters. The molecule has 0 spiro atoms. The summed E-state index contributed by atoms with van der Waals surface area (Å²) in [5.41, 5.74) is 0. The fourth-order valence-corrected chi connectivity index (χ4v) is 2.23. The van der Waals surface area contributed by atoms with E-state index in [2.05, 4.69) is 5.32 Å². The van der Waals surface area contributed by atoms with Crippen LogP contribution in [0.5, 0.6) is 0 Å². The fourth-order valence-electron chi connectivity index (χ4n) is 2.23. The van der Waals surface area contributed by atoms with Crippen molar-refractivity contribution in [1.82, 2.24) is 10.2 Å². The molecular weight excluding hydrogens is 192 g/mol. The number of carbonyl (C=O) groups excluding carboxylic acids is 2. The van der Waals surface area contributed by atoms with Crippen molar-refractivity contribution < 1.29 is 9.59 Å². The molecule has 0 aromatic rings. The quantitative estimate of drug-likeness (QED) is 0.700. The number of nitrogens with one attached hydrogen (secondary N) is 1. The number of hydrogen-bond acceptors (Lipinski definition) is 2. The minimum absolute atomic E-state index is 0.00833. The maximum absolute atomic E-state index is 11.8. The van der Waals surface area contributed by atoms with E-state index in [1.54, 1.807) is 19.0 Å². The van der Waals surface area contributed by atoms with Gasteiger partial charge in [0.05, 0.1) is 0 Å². The van der Waals surface area contributed by atoms with Crippen LogP contribution in [0.15, 0.2) is 0 Å². The molecule has 1 aliphatic rings. The zero-order chi connectivity index (χ0) is 11.3. The third-order valence-corrected chi connectivity index (χ3v) is 3.08. The first-order chi connectivity index (χ1) is 7.16. The Labute approximate surface area is 91.0 Å². The zero-order valence-electron chi connectivity index (χ0n) is 9.53. The monoisotopic (exact) mass is 212 g/mol. The molecule has 0 aliphatic heterocycles. The Bertz CT molecular complexity index is 223. The maximum Gasteiger partial charge on any atom is 0.244 e. The molecule has 1 fully saturated rings. The summed E-state index contributed by atoms with van der Waals surface area (Å²) in [6, 6.07) is -0.321. The van der Waals surface area contributed by atoms with Gasteiger partial charge in [0.1, 0.15) is 6.04 Å². The number of nitrogens with zero attached hydrogens (tertiary/aromatic N) is 1. The summed E-state index contributed by atoms with van der Waals surface area (Å²) in [6.45, 7) is 0. The Kier molecular flexibility index (Phi) is 4.59. The molecule has 0 aromatic carbocycles. The van der Waals surface area contributed by atoms with Crippen LogP contribution in [-0.4, -0.2) is 37.4 Å².